The minimum atomic E-state index is -0.309. The van der Waals surface area contributed by atoms with Gasteiger partial charge in [-0.3, -0.25) is 4.79 Å². The molecule has 3 nitrogen and oxygen atoms in total. The van der Waals surface area contributed by atoms with Crippen LogP contribution in [0, 0.1) is 0 Å². The number of nitrogens with zero attached hydrogens (tertiary/aromatic N) is 1. The molecular weight excluding hydrogens is 200 g/mol. The van der Waals surface area contributed by atoms with Crippen molar-refractivity contribution in [1.29, 1.82) is 0 Å². The van der Waals surface area contributed by atoms with Crippen LogP contribution in [0.25, 0.3) is 0 Å². The Balaban J connectivity index is 4.42. The SMILES string of the molecule is CCCCN(C(=O)C(N)CCC)C(C)CC. The van der Waals surface area contributed by atoms with E-state index in [0.29, 0.717) is 6.04 Å². The molecule has 0 saturated carbocycles. The van der Waals surface area contributed by atoms with E-state index in [9.17, 15) is 4.79 Å². The van der Waals surface area contributed by atoms with Gasteiger partial charge in [-0.15, -0.1) is 0 Å². The van der Waals surface area contributed by atoms with E-state index < -0.39 is 0 Å². The molecule has 0 fully saturated rings. The lowest BCUT2D eigenvalue weighted by Crippen LogP contribution is -2.48. The van der Waals surface area contributed by atoms with Crippen LogP contribution in [0.3, 0.4) is 0 Å². The van der Waals surface area contributed by atoms with Crippen molar-refractivity contribution in [2.45, 2.75) is 71.9 Å². The summed E-state index contributed by atoms with van der Waals surface area (Å²) in [6, 6.07) is -0.00203. The molecule has 0 aliphatic carbocycles. The molecule has 0 heterocycles. The molecule has 3 heteroatoms. The molecule has 16 heavy (non-hydrogen) atoms. The van der Waals surface area contributed by atoms with Gasteiger partial charge in [-0.25, -0.2) is 0 Å². The van der Waals surface area contributed by atoms with E-state index in [-0.39, 0.29) is 11.9 Å². The van der Waals surface area contributed by atoms with Crippen LogP contribution in [0.2, 0.25) is 0 Å². The van der Waals surface area contributed by atoms with Crippen LogP contribution in [0.5, 0.6) is 0 Å². The molecule has 2 N–H and O–H groups in total. The Morgan fingerprint density at radius 3 is 2.31 bits per heavy atom. The number of hydrogen-bond donors (Lipinski definition) is 1. The Hall–Kier alpha value is -0.570. The minimum absolute atomic E-state index is 0.129. The lowest BCUT2D eigenvalue weighted by atomic mass is 10.1. The first kappa shape index (κ1) is 15.4. The van der Waals surface area contributed by atoms with Gasteiger partial charge in [0.2, 0.25) is 5.91 Å². The summed E-state index contributed by atoms with van der Waals surface area (Å²) >= 11 is 0. The molecule has 0 rings (SSSR count). The van der Waals surface area contributed by atoms with Crippen LogP contribution in [-0.2, 0) is 4.79 Å². The summed E-state index contributed by atoms with van der Waals surface area (Å²) < 4.78 is 0. The zero-order valence-corrected chi connectivity index (χ0v) is 11.3. The van der Waals surface area contributed by atoms with Crippen LogP contribution in [0.4, 0.5) is 0 Å². The summed E-state index contributed by atoms with van der Waals surface area (Å²) in [6.45, 7) is 9.27. The third kappa shape index (κ3) is 4.97. The molecule has 0 aliphatic heterocycles. The van der Waals surface area contributed by atoms with Crippen LogP contribution in [0.1, 0.15) is 59.8 Å². The molecule has 0 aliphatic rings. The number of carbonyl (C=O) groups is 1. The van der Waals surface area contributed by atoms with Gasteiger partial charge in [-0.2, -0.15) is 0 Å². The van der Waals surface area contributed by atoms with Crippen molar-refractivity contribution in [3.8, 4) is 0 Å². The maximum atomic E-state index is 12.1. The van der Waals surface area contributed by atoms with Gasteiger partial charge in [0, 0.05) is 12.6 Å². The molecule has 0 aromatic heterocycles. The highest BCUT2D eigenvalue weighted by atomic mass is 16.2. The third-order valence-corrected chi connectivity index (χ3v) is 3.08. The average Bonchev–Trinajstić information content (AvgIpc) is 2.29. The first-order chi connectivity index (χ1) is 7.58. The van der Waals surface area contributed by atoms with E-state index >= 15 is 0 Å². The standard InChI is InChI=1S/C13H28N2O/c1-5-8-10-15(11(4)7-3)13(16)12(14)9-6-2/h11-12H,5-10,14H2,1-4H3. The van der Waals surface area contributed by atoms with E-state index in [1.165, 1.54) is 0 Å². The first-order valence-electron chi connectivity index (χ1n) is 6.64. The number of hydrogen-bond acceptors (Lipinski definition) is 2. The zero-order valence-electron chi connectivity index (χ0n) is 11.3. The highest BCUT2D eigenvalue weighted by Gasteiger charge is 2.23. The van der Waals surface area contributed by atoms with Crippen LogP contribution in [0.15, 0.2) is 0 Å². The quantitative estimate of drug-likeness (QED) is 0.694. The number of amides is 1. The highest BCUT2D eigenvalue weighted by molar-refractivity contribution is 5.81. The monoisotopic (exact) mass is 228 g/mol. The van der Waals surface area contributed by atoms with Gasteiger partial charge < -0.3 is 10.6 Å². The Bertz CT molecular complexity index is 194. The van der Waals surface area contributed by atoms with E-state index in [1.807, 2.05) is 4.90 Å². The van der Waals surface area contributed by atoms with Gasteiger partial charge in [0.05, 0.1) is 6.04 Å². The van der Waals surface area contributed by atoms with Crippen molar-refractivity contribution in [1.82, 2.24) is 4.90 Å². The molecule has 0 aromatic carbocycles. The second-order valence-electron chi connectivity index (χ2n) is 4.54. The number of carbonyl (C=O) groups excluding carboxylic acids is 1. The molecular formula is C13H28N2O. The van der Waals surface area contributed by atoms with Crippen molar-refractivity contribution in [3.05, 3.63) is 0 Å². The Kier molecular flexibility index (Phi) is 8.26. The van der Waals surface area contributed by atoms with Gasteiger partial charge in [-0.05, 0) is 26.2 Å². The predicted octanol–water partition coefficient (Wildman–Crippen LogP) is 2.54. The summed E-state index contributed by atoms with van der Waals surface area (Å²) in [4.78, 5) is 14.1. The fourth-order valence-corrected chi connectivity index (χ4v) is 1.74. The van der Waals surface area contributed by atoms with Crippen LogP contribution >= 0.6 is 0 Å². The molecule has 1 amide bonds. The largest absolute Gasteiger partial charge is 0.339 e. The summed E-state index contributed by atoms with van der Waals surface area (Å²) in [6.07, 6.45) is 4.93. The molecule has 2 unspecified atom stereocenters. The summed E-state index contributed by atoms with van der Waals surface area (Å²) in [5.41, 5.74) is 5.90. The topological polar surface area (TPSA) is 46.3 Å². The number of nitrogens with two attached hydrogens (primary N) is 1. The van der Waals surface area contributed by atoms with Gasteiger partial charge in [0.1, 0.15) is 0 Å². The number of rotatable bonds is 8. The molecule has 0 saturated heterocycles. The third-order valence-electron chi connectivity index (χ3n) is 3.08. The Morgan fingerprint density at radius 1 is 1.25 bits per heavy atom. The maximum absolute atomic E-state index is 12.1. The molecule has 0 aromatic rings. The van der Waals surface area contributed by atoms with Gasteiger partial charge >= 0.3 is 0 Å². The molecule has 96 valence electrons. The van der Waals surface area contributed by atoms with Crippen LogP contribution < -0.4 is 5.73 Å². The van der Waals surface area contributed by atoms with E-state index in [4.69, 9.17) is 5.73 Å². The van der Waals surface area contributed by atoms with Gasteiger partial charge in [0.25, 0.3) is 0 Å². The first-order valence-corrected chi connectivity index (χ1v) is 6.64. The second-order valence-corrected chi connectivity index (χ2v) is 4.54. The van der Waals surface area contributed by atoms with Crippen molar-refractivity contribution in [2.75, 3.05) is 6.54 Å². The van der Waals surface area contributed by atoms with Crippen LogP contribution in [-0.4, -0.2) is 29.4 Å². The highest BCUT2D eigenvalue weighted by Crippen LogP contribution is 2.09. The molecule has 0 radical (unpaired) electrons. The zero-order chi connectivity index (χ0) is 12.6. The lowest BCUT2D eigenvalue weighted by Gasteiger charge is -2.31. The fraction of sp³-hybridized carbons (Fsp3) is 0.923. The predicted molar refractivity (Wildman–Crippen MR) is 69.3 cm³/mol. The Labute approximate surface area is 100 Å². The van der Waals surface area contributed by atoms with Gasteiger partial charge in [0.15, 0.2) is 0 Å². The Morgan fingerprint density at radius 2 is 1.88 bits per heavy atom. The minimum Gasteiger partial charge on any atom is -0.339 e. The van der Waals surface area contributed by atoms with E-state index in [0.717, 1.165) is 38.6 Å². The lowest BCUT2D eigenvalue weighted by molar-refractivity contribution is -0.135. The van der Waals surface area contributed by atoms with Gasteiger partial charge in [-0.1, -0.05) is 33.6 Å². The summed E-state index contributed by atoms with van der Waals surface area (Å²) in [7, 11) is 0. The van der Waals surface area contributed by atoms with Crippen molar-refractivity contribution in [3.63, 3.8) is 0 Å². The smallest absolute Gasteiger partial charge is 0.239 e. The second kappa shape index (κ2) is 8.57. The maximum Gasteiger partial charge on any atom is 0.239 e. The molecule has 0 bridgehead atoms. The fourth-order valence-electron chi connectivity index (χ4n) is 1.74. The average molecular weight is 228 g/mol. The van der Waals surface area contributed by atoms with Crippen molar-refractivity contribution < 1.29 is 4.79 Å². The van der Waals surface area contributed by atoms with Crippen molar-refractivity contribution in [2.24, 2.45) is 5.73 Å². The molecule has 0 spiro atoms. The molecule has 2 atom stereocenters. The summed E-state index contributed by atoms with van der Waals surface area (Å²) in [5, 5.41) is 0. The van der Waals surface area contributed by atoms with E-state index in [2.05, 4.69) is 27.7 Å². The van der Waals surface area contributed by atoms with Crippen molar-refractivity contribution >= 4 is 5.91 Å². The number of unbranched alkanes of at least 4 members (excludes halogenated alkanes) is 1. The van der Waals surface area contributed by atoms with E-state index in [1.54, 1.807) is 0 Å². The summed E-state index contributed by atoms with van der Waals surface area (Å²) in [5.74, 6) is 0.129. The normalized spacial score (nSPS) is 14.6.